The Morgan fingerprint density at radius 3 is 2.95 bits per heavy atom. The summed E-state index contributed by atoms with van der Waals surface area (Å²) in [6.45, 7) is 3.66. The van der Waals surface area contributed by atoms with Crippen LogP contribution in [0.2, 0.25) is 0 Å². The van der Waals surface area contributed by atoms with Gasteiger partial charge in [0.25, 0.3) is 0 Å². The van der Waals surface area contributed by atoms with Crippen LogP contribution < -0.4 is 10.7 Å². The molecule has 2 N–H and O–H groups in total. The molecule has 0 spiro atoms. The normalized spacial score (nSPS) is 18.7. The molecule has 1 aliphatic rings. The van der Waals surface area contributed by atoms with Crippen LogP contribution in [0.5, 0.6) is 0 Å². The molecule has 2 rings (SSSR count). The molecule has 5 heteroatoms. The Balaban J connectivity index is 1.69. The summed E-state index contributed by atoms with van der Waals surface area (Å²) in [5, 5.41) is 7.73. The maximum Gasteiger partial charge on any atom is 0.187 e. The van der Waals surface area contributed by atoms with Crippen molar-refractivity contribution in [3.05, 3.63) is 35.4 Å². The molecule has 1 aromatic carbocycles. The van der Waals surface area contributed by atoms with Gasteiger partial charge in [-0.3, -0.25) is 5.43 Å². The first-order chi connectivity index (χ1) is 9.24. The first-order valence-corrected chi connectivity index (χ1v) is 6.90. The van der Waals surface area contributed by atoms with E-state index in [1.54, 1.807) is 6.21 Å². The van der Waals surface area contributed by atoms with Crippen molar-refractivity contribution in [2.75, 3.05) is 13.2 Å². The highest BCUT2D eigenvalue weighted by Crippen LogP contribution is 2.10. The van der Waals surface area contributed by atoms with Crippen LogP contribution in [-0.4, -0.2) is 30.6 Å². The van der Waals surface area contributed by atoms with E-state index in [0.717, 1.165) is 31.6 Å². The van der Waals surface area contributed by atoms with E-state index in [9.17, 15) is 0 Å². The van der Waals surface area contributed by atoms with Gasteiger partial charge in [0, 0.05) is 13.2 Å². The number of benzene rings is 1. The van der Waals surface area contributed by atoms with Gasteiger partial charge in [-0.2, -0.15) is 5.10 Å². The molecule has 0 unspecified atom stereocenters. The Bertz CT molecular complexity index is 439. The maximum absolute atomic E-state index is 5.50. The van der Waals surface area contributed by atoms with Crippen molar-refractivity contribution in [1.82, 2.24) is 10.7 Å². The van der Waals surface area contributed by atoms with Crippen molar-refractivity contribution in [3.63, 3.8) is 0 Å². The fourth-order valence-corrected chi connectivity index (χ4v) is 2.01. The largest absolute Gasteiger partial charge is 0.376 e. The second kappa shape index (κ2) is 7.21. The summed E-state index contributed by atoms with van der Waals surface area (Å²) in [5.41, 5.74) is 5.08. The second-order valence-electron chi connectivity index (χ2n) is 4.63. The third-order valence-electron chi connectivity index (χ3n) is 2.97. The van der Waals surface area contributed by atoms with Crippen molar-refractivity contribution in [2.45, 2.75) is 25.9 Å². The van der Waals surface area contributed by atoms with Crippen LogP contribution in [0.1, 0.15) is 24.0 Å². The maximum atomic E-state index is 5.50. The number of ether oxygens (including phenoxy) is 1. The van der Waals surface area contributed by atoms with Crippen LogP contribution in [0.4, 0.5) is 0 Å². The zero-order valence-electron chi connectivity index (χ0n) is 11.1. The molecule has 1 atom stereocenters. The highest BCUT2D eigenvalue weighted by molar-refractivity contribution is 7.80. The molecule has 102 valence electrons. The van der Waals surface area contributed by atoms with Gasteiger partial charge < -0.3 is 10.1 Å². The molecule has 1 heterocycles. The molecule has 0 amide bonds. The standard InChI is InChI=1S/C14H19N3OS/c1-11-4-6-12(7-5-11)9-16-17-14(19)15-10-13-3-2-8-18-13/h4-7,9,13H,2-3,8,10H2,1H3,(H2,15,17,19)/b16-9-/t13-/m1/s1. The summed E-state index contributed by atoms with van der Waals surface area (Å²) in [5.74, 6) is 0. The van der Waals surface area contributed by atoms with E-state index in [2.05, 4.69) is 34.9 Å². The Labute approximate surface area is 119 Å². The number of nitrogens with zero attached hydrogens (tertiary/aromatic N) is 1. The Hall–Kier alpha value is -1.46. The number of nitrogens with one attached hydrogen (secondary N) is 2. The van der Waals surface area contributed by atoms with E-state index in [1.807, 2.05) is 12.1 Å². The lowest BCUT2D eigenvalue weighted by molar-refractivity contribution is 0.114. The van der Waals surface area contributed by atoms with E-state index in [1.165, 1.54) is 5.56 Å². The zero-order valence-corrected chi connectivity index (χ0v) is 11.9. The first kappa shape index (κ1) is 14.0. The molecule has 0 aliphatic carbocycles. The minimum Gasteiger partial charge on any atom is -0.376 e. The molecular formula is C14H19N3OS. The molecule has 4 nitrogen and oxygen atoms in total. The quantitative estimate of drug-likeness (QED) is 0.502. The van der Waals surface area contributed by atoms with Crippen LogP contribution in [0.3, 0.4) is 0 Å². The summed E-state index contributed by atoms with van der Waals surface area (Å²) in [7, 11) is 0. The predicted molar refractivity (Wildman–Crippen MR) is 81.5 cm³/mol. The smallest absolute Gasteiger partial charge is 0.187 e. The lowest BCUT2D eigenvalue weighted by Crippen LogP contribution is -2.37. The first-order valence-electron chi connectivity index (χ1n) is 6.49. The van der Waals surface area contributed by atoms with Gasteiger partial charge in [-0.25, -0.2) is 0 Å². The van der Waals surface area contributed by atoms with Crippen LogP contribution in [0, 0.1) is 6.92 Å². The Kier molecular flexibility index (Phi) is 5.30. The van der Waals surface area contributed by atoms with Crippen molar-refractivity contribution in [3.8, 4) is 0 Å². The van der Waals surface area contributed by atoms with Gasteiger partial charge in [0.2, 0.25) is 0 Å². The number of hydrogen-bond acceptors (Lipinski definition) is 3. The monoisotopic (exact) mass is 277 g/mol. The molecule has 0 aromatic heterocycles. The topological polar surface area (TPSA) is 45.7 Å². The number of rotatable bonds is 4. The zero-order chi connectivity index (χ0) is 13.5. The summed E-state index contributed by atoms with van der Waals surface area (Å²) < 4.78 is 5.50. The van der Waals surface area contributed by atoms with Crippen LogP contribution in [0.15, 0.2) is 29.4 Å². The summed E-state index contributed by atoms with van der Waals surface area (Å²) >= 11 is 5.13. The van der Waals surface area contributed by atoms with Crippen LogP contribution in [0.25, 0.3) is 0 Å². The van der Waals surface area contributed by atoms with Crippen molar-refractivity contribution in [2.24, 2.45) is 5.10 Å². The van der Waals surface area contributed by atoms with Gasteiger partial charge >= 0.3 is 0 Å². The SMILES string of the molecule is Cc1ccc(/C=N\NC(=S)NC[C@H]2CCCO2)cc1. The third kappa shape index (κ3) is 4.96. The minimum atomic E-state index is 0.279. The van der Waals surface area contributed by atoms with Gasteiger partial charge in [0.15, 0.2) is 5.11 Å². The average Bonchev–Trinajstić information content (AvgIpc) is 2.92. The summed E-state index contributed by atoms with van der Waals surface area (Å²) in [4.78, 5) is 0. The Morgan fingerprint density at radius 2 is 2.26 bits per heavy atom. The van der Waals surface area contributed by atoms with Crippen LogP contribution >= 0.6 is 12.2 Å². The van der Waals surface area contributed by atoms with E-state index in [0.29, 0.717) is 5.11 Å². The summed E-state index contributed by atoms with van der Waals surface area (Å²) in [6.07, 6.45) is 4.26. The predicted octanol–water partition coefficient (Wildman–Crippen LogP) is 1.97. The van der Waals surface area contributed by atoms with Crippen molar-refractivity contribution in [1.29, 1.82) is 0 Å². The summed E-state index contributed by atoms with van der Waals surface area (Å²) in [6, 6.07) is 8.14. The molecule has 19 heavy (non-hydrogen) atoms. The lowest BCUT2D eigenvalue weighted by atomic mass is 10.2. The number of aryl methyl sites for hydroxylation is 1. The van der Waals surface area contributed by atoms with Gasteiger partial charge in [0.1, 0.15) is 0 Å². The van der Waals surface area contributed by atoms with Crippen molar-refractivity contribution < 1.29 is 4.74 Å². The molecule has 0 bridgehead atoms. The molecule has 1 aromatic rings. The fraction of sp³-hybridized carbons (Fsp3) is 0.429. The molecular weight excluding hydrogens is 258 g/mol. The molecule has 1 fully saturated rings. The number of hydrogen-bond donors (Lipinski definition) is 2. The number of thiocarbonyl (C=S) groups is 1. The average molecular weight is 277 g/mol. The van der Waals surface area contributed by atoms with E-state index < -0.39 is 0 Å². The highest BCUT2D eigenvalue weighted by atomic mass is 32.1. The van der Waals surface area contributed by atoms with E-state index in [-0.39, 0.29) is 6.10 Å². The molecule has 0 saturated carbocycles. The van der Waals surface area contributed by atoms with E-state index >= 15 is 0 Å². The lowest BCUT2D eigenvalue weighted by Gasteiger charge is -2.11. The molecule has 0 radical (unpaired) electrons. The van der Waals surface area contributed by atoms with E-state index in [4.69, 9.17) is 17.0 Å². The second-order valence-corrected chi connectivity index (χ2v) is 5.03. The highest BCUT2D eigenvalue weighted by Gasteiger charge is 2.14. The molecule has 1 saturated heterocycles. The molecule has 1 aliphatic heterocycles. The fourth-order valence-electron chi connectivity index (χ4n) is 1.87. The van der Waals surface area contributed by atoms with Gasteiger partial charge in [-0.15, -0.1) is 0 Å². The van der Waals surface area contributed by atoms with Crippen LogP contribution in [-0.2, 0) is 4.74 Å². The Morgan fingerprint density at radius 1 is 1.47 bits per heavy atom. The third-order valence-corrected chi connectivity index (χ3v) is 3.21. The van der Waals surface area contributed by atoms with Crippen molar-refractivity contribution >= 4 is 23.5 Å². The number of hydrazone groups is 1. The van der Waals surface area contributed by atoms with Gasteiger partial charge in [-0.05, 0) is 37.5 Å². The van der Waals surface area contributed by atoms with Gasteiger partial charge in [-0.1, -0.05) is 29.8 Å². The minimum absolute atomic E-state index is 0.279. The van der Waals surface area contributed by atoms with Gasteiger partial charge in [0.05, 0.1) is 12.3 Å².